The molecular formula is C22H14F7N3O5. The Morgan fingerprint density at radius 1 is 1.03 bits per heavy atom. The van der Waals surface area contributed by atoms with Crippen LogP contribution in [0.1, 0.15) is 11.1 Å². The highest BCUT2D eigenvalue weighted by atomic mass is 19.4. The number of carbonyl (C=O) groups is 3. The first kappa shape index (κ1) is 27.1. The minimum absolute atomic E-state index is 0.0270. The molecule has 0 aliphatic carbocycles. The summed E-state index contributed by atoms with van der Waals surface area (Å²) in [6.45, 7) is -0.885. The van der Waals surface area contributed by atoms with Gasteiger partial charge in [-0.3, -0.25) is 14.7 Å². The molecule has 8 nitrogen and oxygen atoms in total. The second-order valence-corrected chi connectivity index (χ2v) is 7.40. The van der Waals surface area contributed by atoms with Gasteiger partial charge in [-0.15, -0.1) is 0 Å². The molecule has 37 heavy (non-hydrogen) atoms. The molecule has 15 heteroatoms. The lowest BCUT2D eigenvalue weighted by Gasteiger charge is -2.25. The van der Waals surface area contributed by atoms with E-state index in [4.69, 9.17) is 9.84 Å². The molecule has 1 N–H and O–H groups in total. The number of hydrogen-bond acceptors (Lipinski definition) is 4. The van der Waals surface area contributed by atoms with E-state index >= 15 is 0 Å². The Bertz CT molecular complexity index is 1300. The number of carbonyl (C=O) groups excluding carboxylic acids is 2. The molecule has 3 rings (SSSR count). The van der Waals surface area contributed by atoms with E-state index in [0.29, 0.717) is 14.7 Å². The zero-order valence-corrected chi connectivity index (χ0v) is 18.4. The standard InChI is InChI=1S/C22H14F7N3O5/c1-30(14-4-2-13(23)3-5-14)20(36)37-18-15(22(27,28)29)10-12(21(24,25)26)11-16(18)32-9-8-31(19(32)35)7-6-17(33)34/h2-5,10-11H,8-9H2,1H3,(H,33,34). The third-order valence-corrected chi connectivity index (χ3v) is 4.98. The third kappa shape index (κ3) is 6.02. The lowest BCUT2D eigenvalue weighted by molar-refractivity contribution is -0.143. The van der Waals surface area contributed by atoms with E-state index in [9.17, 15) is 45.1 Å². The van der Waals surface area contributed by atoms with Gasteiger partial charge in [-0.05, 0) is 36.4 Å². The molecule has 0 saturated carbocycles. The highest BCUT2D eigenvalue weighted by Crippen LogP contribution is 2.46. The van der Waals surface area contributed by atoms with Crippen molar-refractivity contribution in [2.75, 3.05) is 29.9 Å². The molecule has 3 amide bonds. The van der Waals surface area contributed by atoms with Crippen LogP contribution >= 0.6 is 0 Å². The van der Waals surface area contributed by atoms with Crippen molar-refractivity contribution in [3.63, 3.8) is 0 Å². The zero-order chi connectivity index (χ0) is 27.7. The van der Waals surface area contributed by atoms with Gasteiger partial charge in [0.15, 0.2) is 5.75 Å². The normalized spacial score (nSPS) is 13.8. The second kappa shape index (κ2) is 9.88. The van der Waals surface area contributed by atoms with Crippen LogP contribution in [0.5, 0.6) is 5.75 Å². The molecule has 2 aromatic carbocycles. The van der Waals surface area contributed by atoms with Crippen molar-refractivity contribution in [2.24, 2.45) is 0 Å². The van der Waals surface area contributed by atoms with Gasteiger partial charge in [0.1, 0.15) is 11.4 Å². The van der Waals surface area contributed by atoms with Crippen LogP contribution in [0.25, 0.3) is 0 Å². The smallest absolute Gasteiger partial charge is 0.420 e. The predicted molar refractivity (Wildman–Crippen MR) is 112 cm³/mol. The lowest BCUT2D eigenvalue weighted by atomic mass is 10.1. The molecule has 0 radical (unpaired) electrons. The molecular weight excluding hydrogens is 519 g/mol. The highest BCUT2D eigenvalue weighted by molar-refractivity contribution is 5.99. The number of nitrogens with zero attached hydrogens (tertiary/aromatic N) is 3. The van der Waals surface area contributed by atoms with Crippen molar-refractivity contribution in [1.82, 2.24) is 4.90 Å². The van der Waals surface area contributed by atoms with Crippen LogP contribution in [0.4, 0.5) is 51.7 Å². The van der Waals surface area contributed by atoms with Crippen LogP contribution in [-0.2, 0) is 17.1 Å². The molecule has 0 atom stereocenters. The summed E-state index contributed by atoms with van der Waals surface area (Å²) in [7, 11) is 1.05. The predicted octanol–water partition coefficient (Wildman–Crippen LogP) is 4.79. The minimum atomic E-state index is -5.47. The second-order valence-electron chi connectivity index (χ2n) is 7.40. The number of carboxylic acids is 1. The van der Waals surface area contributed by atoms with Crippen LogP contribution in [-0.4, -0.2) is 48.2 Å². The average Bonchev–Trinajstić information content (AvgIpc) is 3.16. The van der Waals surface area contributed by atoms with Crippen molar-refractivity contribution >= 4 is 29.5 Å². The fourth-order valence-electron chi connectivity index (χ4n) is 3.20. The van der Waals surface area contributed by atoms with E-state index in [1.807, 2.05) is 6.04 Å². The Balaban J connectivity index is 2.14. The number of urea groups is 1. The van der Waals surface area contributed by atoms with Crippen LogP contribution in [0.15, 0.2) is 36.4 Å². The van der Waals surface area contributed by atoms with E-state index in [2.05, 4.69) is 0 Å². The monoisotopic (exact) mass is 533 g/mol. The summed E-state index contributed by atoms with van der Waals surface area (Å²) in [4.78, 5) is 37.7. The van der Waals surface area contributed by atoms with Crippen LogP contribution in [0.2, 0.25) is 0 Å². The van der Waals surface area contributed by atoms with Crippen LogP contribution in [0, 0.1) is 17.8 Å². The summed E-state index contributed by atoms with van der Waals surface area (Å²) in [5.74, 6) is -2.11. The number of amides is 3. The molecule has 0 bridgehead atoms. The maximum atomic E-state index is 13.9. The Kier molecular flexibility index (Phi) is 7.24. The first-order valence-electron chi connectivity index (χ1n) is 9.96. The first-order valence-corrected chi connectivity index (χ1v) is 9.96. The Hall–Kier alpha value is -4.48. The number of halogens is 7. The van der Waals surface area contributed by atoms with Gasteiger partial charge >= 0.3 is 30.4 Å². The number of hydrogen-bond donors (Lipinski definition) is 1. The number of anilines is 2. The Labute approximate surface area is 203 Å². The molecule has 1 heterocycles. The molecule has 1 aliphatic rings. The summed E-state index contributed by atoms with van der Waals surface area (Å²) in [6, 6.07) is 4.68. The largest absolute Gasteiger partial charge is 0.472 e. The summed E-state index contributed by atoms with van der Waals surface area (Å²) in [5, 5.41) is 8.64. The minimum Gasteiger partial charge on any atom is -0.472 e. The number of alkyl halides is 6. The van der Waals surface area contributed by atoms with E-state index < -0.39 is 65.4 Å². The van der Waals surface area contributed by atoms with Crippen molar-refractivity contribution in [3.05, 3.63) is 53.3 Å². The fourth-order valence-corrected chi connectivity index (χ4v) is 3.20. The first-order chi connectivity index (χ1) is 17.1. The number of aliphatic carboxylic acids is 1. The summed E-state index contributed by atoms with van der Waals surface area (Å²) in [5.41, 5.74) is -4.86. The topological polar surface area (TPSA) is 90.4 Å². The Morgan fingerprint density at radius 2 is 1.65 bits per heavy atom. The van der Waals surface area contributed by atoms with Crippen LogP contribution in [0.3, 0.4) is 0 Å². The fraction of sp³-hybridized carbons (Fsp3) is 0.227. The summed E-state index contributed by atoms with van der Waals surface area (Å²) < 4.78 is 100. The van der Waals surface area contributed by atoms with Crippen molar-refractivity contribution in [2.45, 2.75) is 12.4 Å². The van der Waals surface area contributed by atoms with Gasteiger partial charge in [0.2, 0.25) is 0 Å². The van der Waals surface area contributed by atoms with Crippen molar-refractivity contribution < 1.29 is 55.0 Å². The maximum absolute atomic E-state index is 13.9. The molecule has 0 unspecified atom stereocenters. The van der Waals surface area contributed by atoms with Crippen LogP contribution < -0.4 is 14.5 Å². The summed E-state index contributed by atoms with van der Waals surface area (Å²) >= 11 is 0. The number of rotatable bonds is 3. The average molecular weight is 533 g/mol. The number of carboxylic acid groups (broad SMARTS) is 1. The van der Waals surface area contributed by atoms with Gasteiger partial charge in [0.25, 0.3) is 0 Å². The van der Waals surface area contributed by atoms with E-state index in [1.165, 1.54) is 0 Å². The Morgan fingerprint density at radius 3 is 2.19 bits per heavy atom. The molecule has 0 spiro atoms. The molecule has 1 saturated heterocycles. The van der Waals surface area contributed by atoms with Crippen molar-refractivity contribution in [1.29, 1.82) is 0 Å². The summed E-state index contributed by atoms with van der Waals surface area (Å²) in [6.07, 6.45) is -12.2. The SMILES string of the molecule is CN(C(=O)Oc1c(N2CCN(C#CC(=O)O)C2=O)cc(C(F)(F)F)cc1C(F)(F)F)c1ccc(F)cc1. The molecule has 196 valence electrons. The molecule has 1 fully saturated rings. The quantitative estimate of drug-likeness (QED) is 0.453. The molecule has 1 aliphatic heterocycles. The lowest BCUT2D eigenvalue weighted by Crippen LogP contribution is -2.33. The van der Waals surface area contributed by atoms with Gasteiger partial charge < -0.3 is 9.84 Å². The third-order valence-electron chi connectivity index (χ3n) is 4.98. The highest BCUT2D eigenvalue weighted by Gasteiger charge is 2.44. The van der Waals surface area contributed by atoms with Gasteiger partial charge in [-0.25, -0.2) is 18.8 Å². The maximum Gasteiger partial charge on any atom is 0.420 e. The van der Waals surface area contributed by atoms with Gasteiger partial charge in [-0.1, -0.05) is 0 Å². The van der Waals surface area contributed by atoms with E-state index in [0.717, 1.165) is 31.3 Å². The number of ether oxygens (including phenoxy) is 1. The molecule has 0 aromatic heterocycles. The number of benzene rings is 2. The van der Waals surface area contributed by atoms with Gasteiger partial charge in [0.05, 0.1) is 17.8 Å². The molecule has 2 aromatic rings. The van der Waals surface area contributed by atoms with Gasteiger partial charge in [-0.2, -0.15) is 26.3 Å². The van der Waals surface area contributed by atoms with Crippen molar-refractivity contribution in [3.8, 4) is 17.7 Å². The zero-order valence-electron chi connectivity index (χ0n) is 18.4. The van der Waals surface area contributed by atoms with Gasteiger partial charge in [0, 0.05) is 31.2 Å². The van der Waals surface area contributed by atoms with E-state index in [1.54, 1.807) is 5.92 Å². The van der Waals surface area contributed by atoms with E-state index in [-0.39, 0.29) is 24.4 Å².